The van der Waals surface area contributed by atoms with Gasteiger partial charge in [-0.25, -0.2) is 0 Å². The zero-order valence-electron chi connectivity index (χ0n) is 14.6. The van der Waals surface area contributed by atoms with Gasteiger partial charge in [0.15, 0.2) is 0 Å². The molecule has 3 aliphatic rings. The van der Waals surface area contributed by atoms with Gasteiger partial charge in [0.1, 0.15) is 0 Å². The molecule has 25 heavy (non-hydrogen) atoms. The summed E-state index contributed by atoms with van der Waals surface area (Å²) in [5.41, 5.74) is 2.25. The Labute approximate surface area is 149 Å². The Hall–Kier alpha value is -1.83. The first-order valence-electron chi connectivity index (χ1n) is 9.52. The fraction of sp³-hybridized carbons (Fsp3) is 0.571. The second-order valence-electron chi connectivity index (χ2n) is 7.50. The molecule has 2 N–H and O–H groups in total. The Morgan fingerprint density at radius 2 is 1.92 bits per heavy atom. The topological polar surface area (TPSA) is 52.6 Å². The van der Waals surface area contributed by atoms with Crippen molar-refractivity contribution in [3.05, 3.63) is 35.4 Å². The molecule has 0 bridgehead atoms. The number of piperazine rings is 1. The lowest BCUT2D eigenvalue weighted by Crippen LogP contribution is -2.72. The van der Waals surface area contributed by atoms with Crippen LogP contribution in [0.3, 0.4) is 0 Å². The van der Waals surface area contributed by atoms with Gasteiger partial charge in [0.25, 0.3) is 0 Å². The number of aliphatic hydroxyl groups excluding tert-OH is 1. The Kier molecular flexibility index (Phi) is 4.78. The highest BCUT2D eigenvalue weighted by molar-refractivity contribution is 5.81. The van der Waals surface area contributed by atoms with Crippen molar-refractivity contribution in [3.63, 3.8) is 0 Å². The van der Waals surface area contributed by atoms with Crippen LogP contribution in [-0.4, -0.2) is 47.7 Å². The van der Waals surface area contributed by atoms with Crippen molar-refractivity contribution in [2.75, 3.05) is 19.7 Å². The third kappa shape index (κ3) is 3.19. The third-order valence-corrected chi connectivity index (χ3v) is 5.97. The molecule has 0 spiro atoms. The van der Waals surface area contributed by atoms with Gasteiger partial charge in [-0.05, 0) is 30.5 Å². The van der Waals surface area contributed by atoms with Gasteiger partial charge in [-0.3, -0.25) is 4.79 Å². The summed E-state index contributed by atoms with van der Waals surface area (Å²) in [4.78, 5) is 13.9. The largest absolute Gasteiger partial charge is 0.394 e. The lowest BCUT2D eigenvalue weighted by atomic mass is 9.74. The van der Waals surface area contributed by atoms with E-state index >= 15 is 0 Å². The average Bonchev–Trinajstić information content (AvgIpc) is 2.64. The van der Waals surface area contributed by atoms with Crippen LogP contribution in [0.5, 0.6) is 0 Å². The average molecular weight is 338 g/mol. The molecule has 4 rings (SSSR count). The maximum Gasteiger partial charge on any atom is 0.237 e. The summed E-state index contributed by atoms with van der Waals surface area (Å²) in [7, 11) is 0. The van der Waals surface area contributed by atoms with Gasteiger partial charge >= 0.3 is 0 Å². The molecule has 2 saturated heterocycles. The van der Waals surface area contributed by atoms with Crippen molar-refractivity contribution in [2.45, 2.75) is 50.1 Å². The highest BCUT2D eigenvalue weighted by atomic mass is 16.3. The van der Waals surface area contributed by atoms with E-state index < -0.39 is 0 Å². The SMILES string of the molecule is O=C1CNC[C@H]2[C@@H](c3ccc(C#CC4CCCCC4)cc3)[C@@H](CO)N12. The van der Waals surface area contributed by atoms with E-state index in [4.69, 9.17) is 0 Å². The maximum atomic E-state index is 12.0. The van der Waals surface area contributed by atoms with Crippen LogP contribution >= 0.6 is 0 Å². The Balaban J connectivity index is 1.46. The molecule has 132 valence electrons. The second-order valence-corrected chi connectivity index (χ2v) is 7.50. The molecule has 1 aliphatic carbocycles. The number of rotatable bonds is 2. The van der Waals surface area contributed by atoms with Gasteiger partial charge in [-0.1, -0.05) is 43.2 Å². The van der Waals surface area contributed by atoms with E-state index in [1.165, 1.54) is 37.7 Å². The van der Waals surface area contributed by atoms with Gasteiger partial charge in [0.2, 0.25) is 5.91 Å². The third-order valence-electron chi connectivity index (χ3n) is 5.97. The summed E-state index contributed by atoms with van der Waals surface area (Å²) in [5, 5.41) is 12.9. The van der Waals surface area contributed by atoms with E-state index in [1.807, 2.05) is 4.90 Å². The minimum atomic E-state index is -0.0845. The Bertz CT molecular complexity index is 676. The molecule has 3 fully saturated rings. The standard InChI is InChI=1S/C21H26N2O2/c24-14-19-21(18-12-22-13-20(25)23(18)19)17-10-8-16(9-11-17)7-6-15-4-2-1-3-5-15/h8-11,15,18-19,21-22,24H,1-5,12-14H2/t18-,19+,21+/m0/s1. The monoisotopic (exact) mass is 338 g/mol. The predicted molar refractivity (Wildman–Crippen MR) is 97.0 cm³/mol. The van der Waals surface area contributed by atoms with Gasteiger partial charge in [-0.15, -0.1) is 0 Å². The van der Waals surface area contributed by atoms with Crippen LogP contribution in [0.15, 0.2) is 24.3 Å². The number of carbonyl (C=O) groups excluding carboxylic acids is 1. The van der Waals surface area contributed by atoms with Crippen molar-refractivity contribution < 1.29 is 9.90 Å². The molecule has 1 aromatic rings. The first-order valence-corrected chi connectivity index (χ1v) is 9.52. The van der Waals surface area contributed by atoms with Crippen LogP contribution in [0.1, 0.15) is 49.1 Å². The number of nitrogens with one attached hydrogen (secondary N) is 1. The molecular weight excluding hydrogens is 312 g/mol. The predicted octanol–water partition coefficient (Wildman–Crippen LogP) is 1.88. The van der Waals surface area contributed by atoms with E-state index in [0.717, 1.165) is 12.1 Å². The Morgan fingerprint density at radius 1 is 1.16 bits per heavy atom. The summed E-state index contributed by atoms with van der Waals surface area (Å²) in [6, 6.07) is 8.49. The number of carbonyl (C=O) groups is 1. The zero-order chi connectivity index (χ0) is 17.2. The van der Waals surface area contributed by atoms with E-state index in [0.29, 0.717) is 12.5 Å². The van der Waals surface area contributed by atoms with Crippen molar-refractivity contribution in [1.29, 1.82) is 0 Å². The van der Waals surface area contributed by atoms with Crippen LogP contribution in [-0.2, 0) is 4.79 Å². The van der Waals surface area contributed by atoms with E-state index in [1.54, 1.807) is 0 Å². The molecule has 0 radical (unpaired) electrons. The first kappa shape index (κ1) is 16.6. The number of fused-ring (bicyclic) bond motifs is 1. The summed E-state index contributed by atoms with van der Waals surface area (Å²) < 4.78 is 0. The molecule has 0 aromatic heterocycles. The highest BCUT2D eigenvalue weighted by Crippen LogP contribution is 2.41. The molecule has 4 heteroatoms. The molecule has 1 aromatic carbocycles. The lowest BCUT2D eigenvalue weighted by molar-refractivity contribution is -0.153. The summed E-state index contributed by atoms with van der Waals surface area (Å²) in [6.45, 7) is 1.21. The van der Waals surface area contributed by atoms with Crippen molar-refractivity contribution >= 4 is 5.91 Å². The normalized spacial score (nSPS) is 29.4. The van der Waals surface area contributed by atoms with Crippen LogP contribution < -0.4 is 5.32 Å². The van der Waals surface area contributed by atoms with Gasteiger partial charge in [0, 0.05) is 23.9 Å². The quantitative estimate of drug-likeness (QED) is 0.810. The van der Waals surface area contributed by atoms with E-state index in [9.17, 15) is 9.90 Å². The molecular formula is C21H26N2O2. The molecule has 1 amide bonds. The van der Waals surface area contributed by atoms with Crippen molar-refractivity contribution in [2.24, 2.45) is 5.92 Å². The summed E-state index contributed by atoms with van der Waals surface area (Å²) >= 11 is 0. The number of hydrogen-bond donors (Lipinski definition) is 2. The van der Waals surface area contributed by atoms with Gasteiger partial charge < -0.3 is 15.3 Å². The van der Waals surface area contributed by atoms with Gasteiger partial charge in [-0.2, -0.15) is 0 Å². The second kappa shape index (κ2) is 7.19. The Morgan fingerprint density at radius 3 is 2.64 bits per heavy atom. The smallest absolute Gasteiger partial charge is 0.237 e. The molecule has 2 aliphatic heterocycles. The number of hydrogen-bond acceptors (Lipinski definition) is 3. The molecule has 3 atom stereocenters. The molecule has 4 nitrogen and oxygen atoms in total. The molecule has 0 unspecified atom stereocenters. The maximum absolute atomic E-state index is 12.0. The fourth-order valence-electron chi connectivity index (χ4n) is 4.63. The van der Waals surface area contributed by atoms with E-state index in [2.05, 4.69) is 41.4 Å². The van der Waals surface area contributed by atoms with Crippen LogP contribution in [0.4, 0.5) is 0 Å². The number of aliphatic hydroxyl groups is 1. The minimum absolute atomic E-state index is 0.0240. The highest BCUT2D eigenvalue weighted by Gasteiger charge is 2.52. The van der Waals surface area contributed by atoms with Crippen molar-refractivity contribution in [1.82, 2.24) is 10.2 Å². The minimum Gasteiger partial charge on any atom is -0.394 e. The number of nitrogens with zero attached hydrogens (tertiary/aromatic N) is 1. The molecule has 1 saturated carbocycles. The lowest BCUT2D eigenvalue weighted by Gasteiger charge is -2.57. The van der Waals surface area contributed by atoms with Crippen molar-refractivity contribution in [3.8, 4) is 11.8 Å². The van der Waals surface area contributed by atoms with Crippen LogP contribution in [0.25, 0.3) is 0 Å². The zero-order valence-corrected chi connectivity index (χ0v) is 14.6. The summed E-state index contributed by atoms with van der Waals surface area (Å²) in [5.74, 6) is 7.63. The number of benzene rings is 1. The van der Waals surface area contributed by atoms with E-state index in [-0.39, 0.29) is 30.5 Å². The first-order chi connectivity index (χ1) is 12.3. The van der Waals surface area contributed by atoms with Crippen LogP contribution in [0.2, 0.25) is 0 Å². The summed E-state index contributed by atoms with van der Waals surface area (Å²) in [6.07, 6.45) is 6.46. The fourth-order valence-corrected chi connectivity index (χ4v) is 4.63. The van der Waals surface area contributed by atoms with Crippen LogP contribution in [0, 0.1) is 17.8 Å². The van der Waals surface area contributed by atoms with Gasteiger partial charge in [0.05, 0.1) is 25.2 Å². The molecule has 2 heterocycles. The number of amides is 1.